The van der Waals surface area contributed by atoms with Gasteiger partial charge < -0.3 is 9.47 Å². The third-order valence-corrected chi connectivity index (χ3v) is 3.92. The zero-order chi connectivity index (χ0) is 14.7. The molecule has 0 aromatic heterocycles. The van der Waals surface area contributed by atoms with Gasteiger partial charge in [0.25, 0.3) is 0 Å². The van der Waals surface area contributed by atoms with Crippen molar-refractivity contribution in [1.82, 2.24) is 0 Å². The maximum atomic E-state index is 12.6. The highest BCUT2D eigenvalue weighted by atomic mass is 79.9. The van der Waals surface area contributed by atoms with E-state index in [2.05, 4.69) is 31.9 Å². The predicted molar refractivity (Wildman–Crippen MR) is 84.8 cm³/mol. The van der Waals surface area contributed by atoms with Gasteiger partial charge in [-0.05, 0) is 40.2 Å². The molecule has 2 aromatic rings. The first-order chi connectivity index (χ1) is 9.56. The maximum absolute atomic E-state index is 12.6. The summed E-state index contributed by atoms with van der Waals surface area (Å²) in [4.78, 5) is 12.6. The van der Waals surface area contributed by atoms with Gasteiger partial charge in [0.05, 0.1) is 24.3 Å². The van der Waals surface area contributed by atoms with E-state index in [0.717, 1.165) is 8.95 Å². The lowest BCUT2D eigenvalue weighted by Crippen LogP contribution is -2.05. The minimum Gasteiger partial charge on any atom is -0.496 e. The van der Waals surface area contributed by atoms with E-state index in [9.17, 15) is 4.79 Å². The van der Waals surface area contributed by atoms with Gasteiger partial charge in [-0.25, -0.2) is 0 Å². The predicted octanol–water partition coefficient (Wildman–Crippen LogP) is 4.46. The topological polar surface area (TPSA) is 35.5 Å². The first-order valence-corrected chi connectivity index (χ1v) is 7.37. The van der Waals surface area contributed by atoms with Gasteiger partial charge in [0.1, 0.15) is 11.5 Å². The van der Waals surface area contributed by atoms with Gasteiger partial charge in [0, 0.05) is 10.0 Å². The summed E-state index contributed by atoms with van der Waals surface area (Å²) >= 11 is 6.74. The molecule has 0 fully saturated rings. The van der Waals surface area contributed by atoms with Gasteiger partial charge in [-0.1, -0.05) is 28.1 Å². The Kier molecular flexibility index (Phi) is 4.83. The molecule has 0 unspecified atom stereocenters. The van der Waals surface area contributed by atoms with Crippen LogP contribution in [-0.4, -0.2) is 20.0 Å². The number of methoxy groups -OCH3 is 2. The molecule has 0 atom stereocenters. The molecule has 0 radical (unpaired) electrons. The second kappa shape index (κ2) is 6.41. The Bertz CT molecular complexity index is 654. The Morgan fingerprint density at radius 3 is 2.30 bits per heavy atom. The summed E-state index contributed by atoms with van der Waals surface area (Å²) in [5.41, 5.74) is 1.05. The van der Waals surface area contributed by atoms with E-state index >= 15 is 0 Å². The molecule has 0 heterocycles. The first kappa shape index (κ1) is 15.1. The number of carbonyl (C=O) groups is 1. The minimum absolute atomic E-state index is 0.117. The van der Waals surface area contributed by atoms with Crippen molar-refractivity contribution in [2.75, 3.05) is 14.2 Å². The van der Waals surface area contributed by atoms with E-state index in [1.54, 1.807) is 31.4 Å². The summed E-state index contributed by atoms with van der Waals surface area (Å²) < 4.78 is 12.1. The molecule has 5 heteroatoms. The molecule has 20 heavy (non-hydrogen) atoms. The van der Waals surface area contributed by atoms with E-state index in [1.165, 1.54) is 7.11 Å². The van der Waals surface area contributed by atoms with Crippen LogP contribution in [0.25, 0.3) is 0 Å². The number of carbonyl (C=O) groups excluding carboxylic acids is 1. The van der Waals surface area contributed by atoms with Crippen LogP contribution in [0, 0.1) is 0 Å². The third kappa shape index (κ3) is 3.04. The van der Waals surface area contributed by atoms with Crippen molar-refractivity contribution in [2.45, 2.75) is 0 Å². The van der Waals surface area contributed by atoms with Gasteiger partial charge >= 0.3 is 0 Å². The quantitative estimate of drug-likeness (QED) is 0.712. The summed E-state index contributed by atoms with van der Waals surface area (Å²) in [5.74, 6) is 0.973. The molecule has 0 aliphatic heterocycles. The Labute approximate surface area is 134 Å². The summed E-state index contributed by atoms with van der Waals surface area (Å²) in [7, 11) is 3.09. The highest BCUT2D eigenvalue weighted by Crippen LogP contribution is 2.34. The van der Waals surface area contributed by atoms with Crippen LogP contribution in [0.5, 0.6) is 11.5 Å². The zero-order valence-electron chi connectivity index (χ0n) is 10.9. The van der Waals surface area contributed by atoms with Gasteiger partial charge in [0.2, 0.25) is 0 Å². The van der Waals surface area contributed by atoms with Crippen molar-refractivity contribution in [3.8, 4) is 11.5 Å². The number of halogens is 2. The first-order valence-electron chi connectivity index (χ1n) is 5.78. The molecule has 0 aliphatic rings. The summed E-state index contributed by atoms with van der Waals surface area (Å²) in [5, 5.41) is 0. The van der Waals surface area contributed by atoms with Crippen LogP contribution in [-0.2, 0) is 0 Å². The molecule has 0 N–H and O–H groups in total. The van der Waals surface area contributed by atoms with Crippen LogP contribution in [0.1, 0.15) is 15.9 Å². The van der Waals surface area contributed by atoms with E-state index in [1.807, 2.05) is 12.1 Å². The molecule has 0 saturated heterocycles. The molecule has 104 valence electrons. The van der Waals surface area contributed by atoms with Crippen LogP contribution in [0.4, 0.5) is 0 Å². The Balaban J connectivity index is 2.53. The summed E-state index contributed by atoms with van der Waals surface area (Å²) in [6.07, 6.45) is 0. The number of benzene rings is 2. The normalized spacial score (nSPS) is 10.2. The lowest BCUT2D eigenvalue weighted by Gasteiger charge is -2.11. The fourth-order valence-corrected chi connectivity index (χ4v) is 2.71. The van der Waals surface area contributed by atoms with Crippen LogP contribution in [0.2, 0.25) is 0 Å². The molecular weight excluding hydrogens is 388 g/mol. The molecule has 2 rings (SSSR count). The van der Waals surface area contributed by atoms with Gasteiger partial charge in [-0.3, -0.25) is 4.79 Å². The van der Waals surface area contributed by atoms with E-state index < -0.39 is 0 Å². The molecule has 0 amide bonds. The van der Waals surface area contributed by atoms with Crippen molar-refractivity contribution < 1.29 is 14.3 Å². The molecule has 2 aromatic carbocycles. The Hall–Kier alpha value is -1.33. The van der Waals surface area contributed by atoms with Crippen LogP contribution in [0.15, 0.2) is 45.3 Å². The average Bonchev–Trinajstić information content (AvgIpc) is 2.46. The zero-order valence-corrected chi connectivity index (χ0v) is 14.1. The molecule has 0 aliphatic carbocycles. The minimum atomic E-state index is -0.117. The average molecular weight is 400 g/mol. The molecule has 0 spiro atoms. The highest BCUT2D eigenvalue weighted by molar-refractivity contribution is 9.10. The van der Waals surface area contributed by atoms with Gasteiger partial charge in [0.15, 0.2) is 5.78 Å². The number of ether oxygens (including phenoxy) is 2. The Morgan fingerprint density at radius 1 is 1.00 bits per heavy atom. The van der Waals surface area contributed by atoms with Crippen molar-refractivity contribution >= 4 is 37.6 Å². The fraction of sp³-hybridized carbons (Fsp3) is 0.133. The lowest BCUT2D eigenvalue weighted by atomic mass is 10.0. The van der Waals surface area contributed by atoms with Crippen molar-refractivity contribution in [3.05, 3.63) is 56.5 Å². The van der Waals surface area contributed by atoms with Crippen molar-refractivity contribution in [3.63, 3.8) is 0 Å². The number of hydrogen-bond acceptors (Lipinski definition) is 3. The van der Waals surface area contributed by atoms with Gasteiger partial charge in [-0.2, -0.15) is 0 Å². The molecule has 0 bridgehead atoms. The second-order valence-corrected chi connectivity index (χ2v) is 5.80. The largest absolute Gasteiger partial charge is 0.496 e. The van der Waals surface area contributed by atoms with E-state index in [0.29, 0.717) is 22.6 Å². The van der Waals surface area contributed by atoms with Crippen molar-refractivity contribution in [1.29, 1.82) is 0 Å². The lowest BCUT2D eigenvalue weighted by molar-refractivity contribution is 0.103. The molecule has 0 saturated carbocycles. The fourth-order valence-electron chi connectivity index (χ4n) is 1.82. The van der Waals surface area contributed by atoms with Crippen LogP contribution in [0.3, 0.4) is 0 Å². The third-order valence-electron chi connectivity index (χ3n) is 2.81. The van der Waals surface area contributed by atoms with Crippen molar-refractivity contribution in [2.24, 2.45) is 0 Å². The monoisotopic (exact) mass is 398 g/mol. The van der Waals surface area contributed by atoms with Crippen LogP contribution >= 0.6 is 31.9 Å². The molecule has 3 nitrogen and oxygen atoms in total. The number of ketones is 1. The number of hydrogen-bond donors (Lipinski definition) is 0. The smallest absolute Gasteiger partial charge is 0.196 e. The SMILES string of the molecule is COc1cc(C(=O)c2cccc(Br)c2)c(OC)cc1Br. The second-order valence-electron chi connectivity index (χ2n) is 4.03. The summed E-state index contributed by atoms with van der Waals surface area (Å²) in [6.45, 7) is 0. The van der Waals surface area contributed by atoms with Crippen LogP contribution < -0.4 is 9.47 Å². The maximum Gasteiger partial charge on any atom is 0.196 e. The van der Waals surface area contributed by atoms with E-state index in [-0.39, 0.29) is 5.78 Å². The number of rotatable bonds is 4. The van der Waals surface area contributed by atoms with Gasteiger partial charge in [-0.15, -0.1) is 0 Å². The Morgan fingerprint density at radius 2 is 1.70 bits per heavy atom. The highest BCUT2D eigenvalue weighted by Gasteiger charge is 2.18. The van der Waals surface area contributed by atoms with E-state index in [4.69, 9.17) is 9.47 Å². The summed E-state index contributed by atoms with van der Waals surface area (Å²) in [6, 6.07) is 10.6. The molecular formula is C15H12Br2O3. The standard InChI is InChI=1S/C15H12Br2O3/c1-19-13-8-12(17)14(20-2)7-11(13)15(18)9-4-3-5-10(16)6-9/h3-8H,1-2H3.